The first-order valence-corrected chi connectivity index (χ1v) is 8.02. The third-order valence-corrected chi connectivity index (χ3v) is 4.41. The quantitative estimate of drug-likeness (QED) is 0.776. The molecule has 2 unspecified atom stereocenters. The summed E-state index contributed by atoms with van der Waals surface area (Å²) in [5.41, 5.74) is 0. The molecule has 0 bridgehead atoms. The van der Waals surface area contributed by atoms with Gasteiger partial charge in [-0.2, -0.15) is 0 Å². The van der Waals surface area contributed by atoms with Crippen LogP contribution in [0.25, 0.3) is 0 Å². The molecule has 116 valence electrons. The predicted molar refractivity (Wildman–Crippen MR) is 79.7 cm³/mol. The molecule has 5 nitrogen and oxygen atoms in total. The fraction of sp³-hybridized carbons (Fsp3) is 0.933. The standard InChI is InChI=1S/C15H29N3O2/c1-3-16-14-4-7-18(10-12(14)2)11-15(19)17-13-5-8-20-9-6-13/h12-14,16H,3-11H2,1-2H3,(H,17,19). The molecule has 2 atom stereocenters. The molecule has 0 spiro atoms. The van der Waals surface area contributed by atoms with Gasteiger partial charge in [0, 0.05) is 38.4 Å². The van der Waals surface area contributed by atoms with Gasteiger partial charge >= 0.3 is 0 Å². The lowest BCUT2D eigenvalue weighted by molar-refractivity contribution is -0.124. The molecule has 2 N–H and O–H groups in total. The van der Waals surface area contributed by atoms with E-state index in [0.717, 1.165) is 52.1 Å². The van der Waals surface area contributed by atoms with Crippen molar-refractivity contribution < 1.29 is 9.53 Å². The minimum atomic E-state index is 0.172. The summed E-state index contributed by atoms with van der Waals surface area (Å²) in [5.74, 6) is 0.783. The molecule has 0 radical (unpaired) electrons. The highest BCUT2D eigenvalue weighted by Crippen LogP contribution is 2.16. The van der Waals surface area contributed by atoms with Gasteiger partial charge < -0.3 is 15.4 Å². The zero-order valence-corrected chi connectivity index (χ0v) is 12.9. The van der Waals surface area contributed by atoms with E-state index >= 15 is 0 Å². The van der Waals surface area contributed by atoms with Crippen molar-refractivity contribution in [2.75, 3.05) is 39.4 Å². The van der Waals surface area contributed by atoms with E-state index in [-0.39, 0.29) is 5.91 Å². The highest BCUT2D eigenvalue weighted by molar-refractivity contribution is 5.78. The van der Waals surface area contributed by atoms with Crippen LogP contribution in [0, 0.1) is 5.92 Å². The molecule has 2 saturated heterocycles. The van der Waals surface area contributed by atoms with Gasteiger partial charge in [0.25, 0.3) is 0 Å². The van der Waals surface area contributed by atoms with E-state index in [9.17, 15) is 4.79 Å². The van der Waals surface area contributed by atoms with Crippen molar-refractivity contribution in [2.24, 2.45) is 5.92 Å². The van der Waals surface area contributed by atoms with E-state index in [0.29, 0.717) is 24.5 Å². The topological polar surface area (TPSA) is 53.6 Å². The van der Waals surface area contributed by atoms with Crippen molar-refractivity contribution in [3.05, 3.63) is 0 Å². The van der Waals surface area contributed by atoms with E-state index in [2.05, 4.69) is 29.4 Å². The molecule has 5 heteroatoms. The Morgan fingerprint density at radius 2 is 2.05 bits per heavy atom. The van der Waals surface area contributed by atoms with Crippen molar-refractivity contribution in [1.82, 2.24) is 15.5 Å². The molecule has 2 fully saturated rings. The van der Waals surface area contributed by atoms with Crippen LogP contribution in [0.5, 0.6) is 0 Å². The van der Waals surface area contributed by atoms with Gasteiger partial charge in [-0.05, 0) is 31.7 Å². The molecule has 0 saturated carbocycles. The lowest BCUT2D eigenvalue weighted by Gasteiger charge is -2.37. The van der Waals surface area contributed by atoms with E-state index in [1.54, 1.807) is 0 Å². The fourth-order valence-electron chi connectivity index (χ4n) is 3.26. The molecule has 0 aromatic heterocycles. The third-order valence-electron chi connectivity index (χ3n) is 4.41. The van der Waals surface area contributed by atoms with Gasteiger partial charge in [0.2, 0.25) is 5.91 Å². The number of carbonyl (C=O) groups excluding carboxylic acids is 1. The second kappa shape index (κ2) is 7.96. The van der Waals surface area contributed by atoms with Gasteiger partial charge in [-0.15, -0.1) is 0 Å². The Morgan fingerprint density at radius 1 is 1.30 bits per heavy atom. The molecule has 2 rings (SSSR count). The number of hydrogen-bond acceptors (Lipinski definition) is 4. The summed E-state index contributed by atoms with van der Waals surface area (Å²) in [5, 5.41) is 6.67. The maximum Gasteiger partial charge on any atom is 0.234 e. The number of hydrogen-bond donors (Lipinski definition) is 2. The average Bonchev–Trinajstić information content (AvgIpc) is 2.43. The SMILES string of the molecule is CCNC1CCN(CC(=O)NC2CCOCC2)CC1C. The number of carbonyl (C=O) groups is 1. The van der Waals surface area contributed by atoms with Crippen LogP contribution in [0.15, 0.2) is 0 Å². The lowest BCUT2D eigenvalue weighted by atomic mass is 9.94. The molecule has 0 aliphatic carbocycles. The number of nitrogens with one attached hydrogen (secondary N) is 2. The molecular formula is C15H29N3O2. The molecule has 2 heterocycles. The first kappa shape index (κ1) is 15.7. The van der Waals surface area contributed by atoms with Gasteiger partial charge in [0.1, 0.15) is 0 Å². The molecule has 2 aliphatic heterocycles. The number of ether oxygens (including phenoxy) is 1. The van der Waals surface area contributed by atoms with Crippen LogP contribution in [-0.4, -0.2) is 62.3 Å². The number of rotatable bonds is 5. The molecule has 2 aliphatic rings. The van der Waals surface area contributed by atoms with Crippen molar-refractivity contribution in [1.29, 1.82) is 0 Å². The smallest absolute Gasteiger partial charge is 0.234 e. The van der Waals surface area contributed by atoms with Gasteiger partial charge in [-0.3, -0.25) is 9.69 Å². The first-order chi connectivity index (χ1) is 9.69. The van der Waals surface area contributed by atoms with Gasteiger partial charge in [0.15, 0.2) is 0 Å². The molecule has 20 heavy (non-hydrogen) atoms. The number of likely N-dealkylation sites (tertiary alicyclic amines) is 1. The minimum absolute atomic E-state index is 0.172. The normalized spacial score (nSPS) is 29.3. The van der Waals surface area contributed by atoms with Gasteiger partial charge in [0.05, 0.1) is 6.54 Å². The van der Waals surface area contributed by atoms with Crippen LogP contribution in [-0.2, 0) is 9.53 Å². The summed E-state index contributed by atoms with van der Waals surface area (Å²) in [7, 11) is 0. The predicted octanol–water partition coefficient (Wildman–Crippen LogP) is 0.602. The lowest BCUT2D eigenvalue weighted by Crippen LogP contribution is -2.51. The summed E-state index contributed by atoms with van der Waals surface area (Å²) in [6.45, 7) is 9.57. The maximum atomic E-state index is 12.1. The summed E-state index contributed by atoms with van der Waals surface area (Å²) in [6.07, 6.45) is 3.04. The highest BCUT2D eigenvalue weighted by atomic mass is 16.5. The molecule has 0 aromatic carbocycles. The Labute approximate surface area is 122 Å². The minimum Gasteiger partial charge on any atom is -0.381 e. The summed E-state index contributed by atoms with van der Waals surface area (Å²) in [6, 6.07) is 0.919. The highest BCUT2D eigenvalue weighted by Gasteiger charge is 2.26. The molecular weight excluding hydrogens is 254 g/mol. The zero-order chi connectivity index (χ0) is 14.4. The zero-order valence-electron chi connectivity index (χ0n) is 12.9. The monoisotopic (exact) mass is 283 g/mol. The van der Waals surface area contributed by atoms with Crippen molar-refractivity contribution in [3.8, 4) is 0 Å². The Morgan fingerprint density at radius 3 is 2.70 bits per heavy atom. The third kappa shape index (κ3) is 4.72. The van der Waals surface area contributed by atoms with Crippen molar-refractivity contribution >= 4 is 5.91 Å². The fourth-order valence-corrected chi connectivity index (χ4v) is 3.26. The summed E-state index contributed by atoms with van der Waals surface area (Å²) in [4.78, 5) is 14.4. The first-order valence-electron chi connectivity index (χ1n) is 8.02. The van der Waals surface area contributed by atoms with Crippen LogP contribution in [0.4, 0.5) is 0 Å². The summed E-state index contributed by atoms with van der Waals surface area (Å²) < 4.78 is 5.31. The van der Waals surface area contributed by atoms with E-state index < -0.39 is 0 Å². The average molecular weight is 283 g/mol. The van der Waals surface area contributed by atoms with Crippen LogP contribution >= 0.6 is 0 Å². The largest absolute Gasteiger partial charge is 0.381 e. The Hall–Kier alpha value is -0.650. The van der Waals surface area contributed by atoms with Crippen molar-refractivity contribution in [2.45, 2.75) is 45.2 Å². The van der Waals surface area contributed by atoms with Crippen LogP contribution < -0.4 is 10.6 Å². The van der Waals surface area contributed by atoms with Crippen molar-refractivity contribution in [3.63, 3.8) is 0 Å². The van der Waals surface area contributed by atoms with E-state index in [1.807, 2.05) is 0 Å². The van der Waals surface area contributed by atoms with E-state index in [4.69, 9.17) is 4.74 Å². The molecule has 0 aromatic rings. The Kier molecular flexibility index (Phi) is 6.26. The summed E-state index contributed by atoms with van der Waals surface area (Å²) >= 11 is 0. The van der Waals surface area contributed by atoms with E-state index in [1.165, 1.54) is 0 Å². The number of piperidine rings is 1. The number of nitrogens with zero attached hydrogens (tertiary/aromatic N) is 1. The maximum absolute atomic E-state index is 12.1. The van der Waals surface area contributed by atoms with Crippen LogP contribution in [0.3, 0.4) is 0 Å². The van der Waals surface area contributed by atoms with Gasteiger partial charge in [-0.25, -0.2) is 0 Å². The second-order valence-electron chi connectivity index (χ2n) is 6.12. The second-order valence-corrected chi connectivity index (χ2v) is 6.12. The molecule has 1 amide bonds. The number of amides is 1. The Bertz CT molecular complexity index is 305. The van der Waals surface area contributed by atoms with Crippen LogP contribution in [0.1, 0.15) is 33.1 Å². The Balaban J connectivity index is 1.69. The van der Waals surface area contributed by atoms with Gasteiger partial charge in [-0.1, -0.05) is 13.8 Å². The van der Waals surface area contributed by atoms with Crippen LogP contribution in [0.2, 0.25) is 0 Å².